The highest BCUT2D eigenvalue weighted by Crippen LogP contribution is 2.27. The van der Waals surface area contributed by atoms with E-state index in [0.29, 0.717) is 25.9 Å². The van der Waals surface area contributed by atoms with Crippen molar-refractivity contribution in [2.75, 3.05) is 13.1 Å². The number of hydrogen-bond donors (Lipinski definition) is 2. The average molecular weight is 341 g/mol. The van der Waals surface area contributed by atoms with Crippen LogP contribution in [0.5, 0.6) is 0 Å². The van der Waals surface area contributed by atoms with Gasteiger partial charge in [0.1, 0.15) is 11.6 Å². The van der Waals surface area contributed by atoms with Gasteiger partial charge in [-0.15, -0.1) is 0 Å². The Morgan fingerprint density at radius 1 is 1.24 bits per heavy atom. The Labute approximate surface area is 144 Å². The number of benzene rings is 1. The van der Waals surface area contributed by atoms with Gasteiger partial charge >= 0.3 is 6.03 Å². The van der Waals surface area contributed by atoms with Crippen LogP contribution in [-0.2, 0) is 9.59 Å². The van der Waals surface area contributed by atoms with E-state index in [1.165, 1.54) is 0 Å². The van der Waals surface area contributed by atoms with E-state index in [0.717, 1.165) is 11.0 Å². The molecule has 130 valence electrons. The summed E-state index contributed by atoms with van der Waals surface area (Å²) < 4.78 is 1.87. The molecule has 25 heavy (non-hydrogen) atoms. The minimum Gasteiger partial charge on any atom is -0.341 e. The van der Waals surface area contributed by atoms with Crippen LogP contribution in [0.4, 0.5) is 4.79 Å². The lowest BCUT2D eigenvalue weighted by Crippen LogP contribution is -2.56. The number of imide groups is 1. The first-order valence-electron chi connectivity index (χ1n) is 8.34. The van der Waals surface area contributed by atoms with Gasteiger partial charge in [0.15, 0.2) is 0 Å². The minimum absolute atomic E-state index is 0.0114. The molecule has 2 aromatic rings. The third-order valence-electron chi connectivity index (χ3n) is 5.20. The number of carbonyl (C=O) groups is 3. The van der Waals surface area contributed by atoms with E-state index in [2.05, 4.69) is 15.6 Å². The fraction of sp³-hybridized carbons (Fsp3) is 0.412. The third kappa shape index (κ3) is 2.45. The Morgan fingerprint density at radius 2 is 1.96 bits per heavy atom. The molecule has 2 aliphatic rings. The predicted molar refractivity (Wildman–Crippen MR) is 89.7 cm³/mol. The van der Waals surface area contributed by atoms with Crippen molar-refractivity contribution in [2.24, 2.45) is 0 Å². The SMILES string of the molecule is C[C@@H](C(=O)N1CCC2(CC1)NC(=O)NC2=O)n1cnc2ccccc21. The Balaban J connectivity index is 1.49. The van der Waals surface area contributed by atoms with Crippen LogP contribution in [0.15, 0.2) is 30.6 Å². The Bertz CT molecular complexity index is 866. The number of fused-ring (bicyclic) bond motifs is 1. The molecule has 1 aromatic carbocycles. The number of para-hydroxylation sites is 2. The Hall–Kier alpha value is -2.90. The summed E-state index contributed by atoms with van der Waals surface area (Å²) in [5, 5.41) is 4.99. The maximum Gasteiger partial charge on any atom is 0.322 e. The van der Waals surface area contributed by atoms with Crippen molar-refractivity contribution in [1.29, 1.82) is 0 Å². The zero-order valence-corrected chi connectivity index (χ0v) is 13.9. The monoisotopic (exact) mass is 341 g/mol. The molecule has 0 unspecified atom stereocenters. The number of amides is 4. The summed E-state index contributed by atoms with van der Waals surface area (Å²) in [6, 6.07) is 6.85. The second-order valence-corrected chi connectivity index (χ2v) is 6.63. The Kier molecular flexibility index (Phi) is 3.48. The first-order valence-corrected chi connectivity index (χ1v) is 8.34. The van der Waals surface area contributed by atoms with Crippen molar-refractivity contribution < 1.29 is 14.4 Å². The fourth-order valence-electron chi connectivity index (χ4n) is 3.66. The zero-order valence-electron chi connectivity index (χ0n) is 13.9. The summed E-state index contributed by atoms with van der Waals surface area (Å²) in [6.45, 7) is 2.72. The molecule has 1 aromatic heterocycles. The topological polar surface area (TPSA) is 96.3 Å². The number of rotatable bonds is 2. The molecule has 1 spiro atoms. The van der Waals surface area contributed by atoms with Crippen molar-refractivity contribution >= 4 is 28.9 Å². The number of nitrogens with one attached hydrogen (secondary N) is 2. The van der Waals surface area contributed by atoms with E-state index in [1.54, 1.807) is 11.2 Å². The van der Waals surface area contributed by atoms with Gasteiger partial charge in [0.05, 0.1) is 17.4 Å². The molecule has 3 heterocycles. The molecule has 0 radical (unpaired) electrons. The highest BCUT2D eigenvalue weighted by Gasteiger charge is 2.48. The van der Waals surface area contributed by atoms with Gasteiger partial charge in [-0.2, -0.15) is 0 Å². The van der Waals surface area contributed by atoms with Crippen molar-refractivity contribution in [1.82, 2.24) is 25.1 Å². The minimum atomic E-state index is -0.862. The number of hydrogen-bond acceptors (Lipinski definition) is 4. The van der Waals surface area contributed by atoms with Gasteiger partial charge in [0, 0.05) is 13.1 Å². The normalized spacial score (nSPS) is 20.6. The third-order valence-corrected chi connectivity index (χ3v) is 5.20. The van der Waals surface area contributed by atoms with Crippen LogP contribution in [0, 0.1) is 0 Å². The number of aromatic nitrogens is 2. The number of nitrogens with zero attached hydrogens (tertiary/aromatic N) is 3. The summed E-state index contributed by atoms with van der Waals surface area (Å²) >= 11 is 0. The molecular weight excluding hydrogens is 322 g/mol. The number of likely N-dealkylation sites (tertiary alicyclic amines) is 1. The van der Waals surface area contributed by atoms with Crippen LogP contribution >= 0.6 is 0 Å². The van der Waals surface area contributed by atoms with Crippen molar-refractivity contribution in [3.63, 3.8) is 0 Å². The number of urea groups is 1. The van der Waals surface area contributed by atoms with E-state index in [4.69, 9.17) is 0 Å². The molecule has 2 N–H and O–H groups in total. The van der Waals surface area contributed by atoms with E-state index < -0.39 is 11.6 Å². The van der Waals surface area contributed by atoms with Crippen LogP contribution in [-0.4, -0.2) is 50.9 Å². The first-order chi connectivity index (χ1) is 12.0. The molecule has 2 fully saturated rings. The molecule has 2 saturated heterocycles. The van der Waals surface area contributed by atoms with Crippen LogP contribution in [0.25, 0.3) is 11.0 Å². The van der Waals surface area contributed by atoms with Crippen molar-refractivity contribution in [3.05, 3.63) is 30.6 Å². The highest BCUT2D eigenvalue weighted by atomic mass is 16.2. The molecule has 8 heteroatoms. The molecule has 8 nitrogen and oxygen atoms in total. The lowest BCUT2D eigenvalue weighted by molar-refractivity contribution is -0.138. The lowest BCUT2D eigenvalue weighted by atomic mass is 9.87. The van der Waals surface area contributed by atoms with E-state index >= 15 is 0 Å². The van der Waals surface area contributed by atoms with E-state index in [1.807, 2.05) is 35.8 Å². The maximum atomic E-state index is 12.9. The largest absolute Gasteiger partial charge is 0.341 e. The fourth-order valence-corrected chi connectivity index (χ4v) is 3.66. The number of imidazole rings is 1. The molecule has 4 amide bonds. The molecule has 1 atom stereocenters. The van der Waals surface area contributed by atoms with E-state index in [9.17, 15) is 14.4 Å². The molecule has 0 bridgehead atoms. The van der Waals surface area contributed by atoms with Gasteiger partial charge in [-0.25, -0.2) is 9.78 Å². The van der Waals surface area contributed by atoms with Gasteiger partial charge in [-0.1, -0.05) is 12.1 Å². The summed E-state index contributed by atoms with van der Waals surface area (Å²) in [5.41, 5.74) is 0.906. The smallest absolute Gasteiger partial charge is 0.322 e. The standard InChI is InChI=1S/C17H19N5O3/c1-11(22-10-18-12-4-2-3-5-13(12)22)14(23)21-8-6-17(7-9-21)15(24)19-16(25)20-17/h2-5,10-11H,6-9H2,1H3,(H2,19,20,24,25)/t11-/m0/s1. The maximum absolute atomic E-state index is 12.9. The van der Waals surface area contributed by atoms with Gasteiger partial charge in [-0.3, -0.25) is 14.9 Å². The lowest BCUT2D eigenvalue weighted by Gasteiger charge is -2.38. The second-order valence-electron chi connectivity index (χ2n) is 6.63. The first kappa shape index (κ1) is 15.6. The van der Waals surface area contributed by atoms with Crippen LogP contribution in [0.2, 0.25) is 0 Å². The van der Waals surface area contributed by atoms with Crippen LogP contribution < -0.4 is 10.6 Å². The second kappa shape index (κ2) is 5.58. The summed E-state index contributed by atoms with van der Waals surface area (Å²) in [4.78, 5) is 42.4. The van der Waals surface area contributed by atoms with Crippen LogP contribution in [0.3, 0.4) is 0 Å². The number of carbonyl (C=O) groups excluding carboxylic acids is 3. The molecule has 2 aliphatic heterocycles. The van der Waals surface area contributed by atoms with Gasteiger partial charge < -0.3 is 14.8 Å². The van der Waals surface area contributed by atoms with Gasteiger partial charge in [0.2, 0.25) is 5.91 Å². The van der Waals surface area contributed by atoms with Crippen molar-refractivity contribution in [3.8, 4) is 0 Å². The zero-order chi connectivity index (χ0) is 17.6. The highest BCUT2D eigenvalue weighted by molar-refractivity contribution is 6.07. The van der Waals surface area contributed by atoms with Crippen LogP contribution in [0.1, 0.15) is 25.8 Å². The predicted octanol–water partition coefficient (Wildman–Crippen LogP) is 0.798. The van der Waals surface area contributed by atoms with Gasteiger partial charge in [-0.05, 0) is 31.9 Å². The average Bonchev–Trinajstić information content (AvgIpc) is 3.15. The molecule has 4 rings (SSSR count). The summed E-state index contributed by atoms with van der Waals surface area (Å²) in [6.07, 6.45) is 2.53. The molecule has 0 aliphatic carbocycles. The van der Waals surface area contributed by atoms with E-state index in [-0.39, 0.29) is 17.9 Å². The molecule has 0 saturated carbocycles. The summed E-state index contributed by atoms with van der Waals surface area (Å²) in [7, 11) is 0. The number of piperidine rings is 1. The van der Waals surface area contributed by atoms with Gasteiger partial charge in [0.25, 0.3) is 5.91 Å². The molecular formula is C17H19N5O3. The Morgan fingerprint density at radius 3 is 2.64 bits per heavy atom. The summed E-state index contributed by atoms with van der Waals surface area (Å²) in [5.74, 6) is -0.305. The van der Waals surface area contributed by atoms with Crippen molar-refractivity contribution in [2.45, 2.75) is 31.3 Å². The quantitative estimate of drug-likeness (QED) is 0.790.